The summed E-state index contributed by atoms with van der Waals surface area (Å²) in [4.78, 5) is 46.3. The second kappa shape index (κ2) is 8.73. The van der Waals surface area contributed by atoms with Crippen molar-refractivity contribution in [2.24, 2.45) is 0 Å². The second-order valence-corrected chi connectivity index (χ2v) is 5.09. The van der Waals surface area contributed by atoms with Gasteiger partial charge in [0.2, 0.25) is 0 Å². The predicted octanol–water partition coefficient (Wildman–Crippen LogP) is 1.44. The summed E-state index contributed by atoms with van der Waals surface area (Å²) >= 11 is 0. The molecule has 0 aromatic heterocycles. The molecule has 0 heterocycles. The smallest absolute Gasteiger partial charge is 0.346 e. The minimum Gasteiger partial charge on any atom is -0.456 e. The molecule has 0 bridgehead atoms. The highest BCUT2D eigenvalue weighted by atomic mass is 16.6. The molecule has 0 amide bonds. The summed E-state index contributed by atoms with van der Waals surface area (Å²) in [5.74, 6) is -2.86. The van der Waals surface area contributed by atoms with Crippen LogP contribution < -0.4 is 0 Å². The van der Waals surface area contributed by atoms with E-state index >= 15 is 0 Å². The maximum Gasteiger partial charge on any atom is 0.346 e. The first-order valence-corrected chi connectivity index (χ1v) is 7.11. The molecule has 7 nitrogen and oxygen atoms in total. The molecule has 1 N–H and O–H groups in total. The molecule has 0 fully saturated rings. The number of benzene rings is 1. The van der Waals surface area contributed by atoms with Crippen LogP contribution in [0.25, 0.3) is 0 Å². The van der Waals surface area contributed by atoms with E-state index in [1.54, 1.807) is 0 Å². The van der Waals surface area contributed by atoms with Gasteiger partial charge < -0.3 is 19.4 Å². The molecule has 0 saturated carbocycles. The number of ether oxygens (including phenoxy) is 2. The third kappa shape index (κ3) is 5.13. The third-order valence-electron chi connectivity index (χ3n) is 3.03. The Balaban J connectivity index is 3.02. The van der Waals surface area contributed by atoms with E-state index in [-0.39, 0.29) is 23.1 Å². The Bertz CT molecular complexity index is 661. The highest BCUT2D eigenvalue weighted by molar-refractivity contribution is 6.07. The molecular weight excluding hydrogens is 316 g/mol. The van der Waals surface area contributed by atoms with Crippen LogP contribution in [0.2, 0.25) is 0 Å². The van der Waals surface area contributed by atoms with Crippen molar-refractivity contribution in [3.05, 3.63) is 47.5 Å². The van der Waals surface area contributed by atoms with E-state index in [4.69, 9.17) is 4.74 Å². The SMILES string of the molecule is C=C(C)C(=O)OC(=O)c1ccccc1C(=O)OC(CC=O)C(C)O. The van der Waals surface area contributed by atoms with Gasteiger partial charge in [-0.1, -0.05) is 18.7 Å². The van der Waals surface area contributed by atoms with Crippen molar-refractivity contribution in [2.75, 3.05) is 0 Å². The van der Waals surface area contributed by atoms with Crippen LogP contribution in [0, 0.1) is 0 Å². The molecule has 7 heteroatoms. The zero-order valence-corrected chi connectivity index (χ0v) is 13.4. The van der Waals surface area contributed by atoms with E-state index in [1.165, 1.54) is 38.1 Å². The first-order chi connectivity index (χ1) is 11.3. The van der Waals surface area contributed by atoms with Crippen molar-refractivity contribution in [1.82, 2.24) is 0 Å². The van der Waals surface area contributed by atoms with E-state index < -0.39 is 30.1 Å². The molecule has 2 unspecified atom stereocenters. The Labute approximate surface area is 138 Å². The Hall–Kier alpha value is -2.80. The maximum absolute atomic E-state index is 12.2. The number of rotatable bonds is 7. The molecule has 0 spiro atoms. The molecule has 1 rings (SSSR count). The Morgan fingerprint density at radius 2 is 1.75 bits per heavy atom. The number of hydrogen-bond donors (Lipinski definition) is 1. The van der Waals surface area contributed by atoms with Crippen molar-refractivity contribution in [2.45, 2.75) is 32.5 Å². The highest BCUT2D eigenvalue weighted by Crippen LogP contribution is 2.15. The van der Waals surface area contributed by atoms with Crippen molar-refractivity contribution in [3.8, 4) is 0 Å². The fraction of sp³-hybridized carbons (Fsp3) is 0.294. The van der Waals surface area contributed by atoms with Crippen LogP contribution >= 0.6 is 0 Å². The number of esters is 3. The van der Waals surface area contributed by atoms with Crippen LogP contribution in [0.15, 0.2) is 36.4 Å². The summed E-state index contributed by atoms with van der Waals surface area (Å²) in [5, 5.41) is 9.52. The molecule has 0 saturated heterocycles. The van der Waals surface area contributed by atoms with Gasteiger partial charge in [0.25, 0.3) is 0 Å². The summed E-state index contributed by atoms with van der Waals surface area (Å²) in [6, 6.07) is 5.58. The molecule has 2 atom stereocenters. The quantitative estimate of drug-likeness (QED) is 0.348. The minimum absolute atomic E-state index is 0.0311. The maximum atomic E-state index is 12.2. The summed E-state index contributed by atoms with van der Waals surface area (Å²) in [7, 11) is 0. The van der Waals surface area contributed by atoms with Crippen molar-refractivity contribution < 1.29 is 33.8 Å². The third-order valence-corrected chi connectivity index (χ3v) is 3.03. The number of aliphatic hydroxyl groups excluding tert-OH is 1. The predicted molar refractivity (Wildman–Crippen MR) is 83.2 cm³/mol. The van der Waals surface area contributed by atoms with Crippen LogP contribution in [0.5, 0.6) is 0 Å². The fourth-order valence-corrected chi connectivity index (χ4v) is 1.70. The topological polar surface area (TPSA) is 107 Å². The highest BCUT2D eigenvalue weighted by Gasteiger charge is 2.25. The summed E-state index contributed by atoms with van der Waals surface area (Å²) < 4.78 is 9.65. The van der Waals surface area contributed by atoms with Crippen molar-refractivity contribution in [1.29, 1.82) is 0 Å². The van der Waals surface area contributed by atoms with Crippen LogP contribution in [0.3, 0.4) is 0 Å². The van der Waals surface area contributed by atoms with Gasteiger partial charge in [0.05, 0.1) is 17.2 Å². The normalized spacial score (nSPS) is 12.6. The average molecular weight is 334 g/mol. The molecular formula is C17H18O7. The molecule has 1 aromatic carbocycles. The number of aldehydes is 1. The number of hydrogen-bond acceptors (Lipinski definition) is 7. The van der Waals surface area contributed by atoms with Gasteiger partial charge in [-0.3, -0.25) is 0 Å². The number of aliphatic hydroxyl groups is 1. The van der Waals surface area contributed by atoms with Gasteiger partial charge in [-0.05, 0) is 26.0 Å². The monoisotopic (exact) mass is 334 g/mol. The second-order valence-electron chi connectivity index (χ2n) is 5.09. The lowest BCUT2D eigenvalue weighted by Gasteiger charge is -2.18. The molecule has 128 valence electrons. The summed E-state index contributed by atoms with van der Waals surface area (Å²) in [6.07, 6.45) is -1.79. The lowest BCUT2D eigenvalue weighted by Crippen LogP contribution is -2.30. The van der Waals surface area contributed by atoms with Gasteiger partial charge in [0.15, 0.2) is 0 Å². The Kier molecular flexibility index (Phi) is 7.00. The average Bonchev–Trinajstić information content (AvgIpc) is 2.53. The first-order valence-electron chi connectivity index (χ1n) is 7.11. The summed E-state index contributed by atoms with van der Waals surface area (Å²) in [5.41, 5.74) is -0.287. The van der Waals surface area contributed by atoms with E-state index in [0.29, 0.717) is 6.29 Å². The summed E-state index contributed by atoms with van der Waals surface area (Å²) in [6.45, 7) is 6.10. The molecule has 0 aliphatic heterocycles. The van der Waals surface area contributed by atoms with Gasteiger partial charge >= 0.3 is 17.9 Å². The lowest BCUT2D eigenvalue weighted by atomic mass is 10.1. The van der Waals surface area contributed by atoms with Crippen molar-refractivity contribution >= 4 is 24.2 Å². The van der Waals surface area contributed by atoms with Crippen LogP contribution in [0.1, 0.15) is 41.0 Å². The van der Waals surface area contributed by atoms with Gasteiger partial charge in [0.1, 0.15) is 12.4 Å². The van der Waals surface area contributed by atoms with Crippen LogP contribution in [0.4, 0.5) is 0 Å². The van der Waals surface area contributed by atoms with Crippen LogP contribution in [-0.2, 0) is 19.1 Å². The minimum atomic E-state index is -1.07. The largest absolute Gasteiger partial charge is 0.456 e. The van der Waals surface area contributed by atoms with E-state index in [2.05, 4.69) is 11.3 Å². The number of carbonyl (C=O) groups is 4. The van der Waals surface area contributed by atoms with Crippen LogP contribution in [-0.4, -0.2) is 41.5 Å². The molecule has 0 aliphatic carbocycles. The molecule has 0 aliphatic rings. The number of carbonyl (C=O) groups excluding carboxylic acids is 4. The van der Waals surface area contributed by atoms with Gasteiger partial charge in [0, 0.05) is 12.0 Å². The Morgan fingerprint density at radius 3 is 2.21 bits per heavy atom. The van der Waals surface area contributed by atoms with E-state index in [9.17, 15) is 24.3 Å². The lowest BCUT2D eigenvalue weighted by molar-refractivity contribution is -0.133. The zero-order chi connectivity index (χ0) is 18.3. The fourth-order valence-electron chi connectivity index (χ4n) is 1.70. The standard InChI is InChI=1S/C17H18O7/c1-10(2)15(20)24-17(22)13-7-5-4-6-12(13)16(21)23-14(8-9-18)11(3)19/h4-7,9,11,14,19H,1,8H2,2-3H3. The zero-order valence-electron chi connectivity index (χ0n) is 13.4. The molecule has 1 aromatic rings. The molecule has 0 radical (unpaired) electrons. The van der Waals surface area contributed by atoms with Gasteiger partial charge in [-0.15, -0.1) is 0 Å². The van der Waals surface area contributed by atoms with E-state index in [0.717, 1.165) is 0 Å². The van der Waals surface area contributed by atoms with Crippen molar-refractivity contribution in [3.63, 3.8) is 0 Å². The first kappa shape index (κ1) is 19.2. The van der Waals surface area contributed by atoms with Gasteiger partial charge in [-0.25, -0.2) is 14.4 Å². The van der Waals surface area contributed by atoms with Gasteiger partial charge in [-0.2, -0.15) is 0 Å². The molecule has 24 heavy (non-hydrogen) atoms. The van der Waals surface area contributed by atoms with E-state index in [1.807, 2.05) is 0 Å². The Morgan fingerprint density at radius 1 is 1.21 bits per heavy atom.